The van der Waals surface area contributed by atoms with Crippen molar-refractivity contribution in [3.8, 4) is 11.4 Å². The molecule has 0 unspecified atom stereocenters. The SMILES string of the molecule is CCCCCCCCCCCCCCn1c(-c2ccc(C(=N)N)cc2)nc2cc(C(=O)NCCC(=O)O)ccc21. The van der Waals surface area contributed by atoms with Gasteiger partial charge in [-0.2, -0.15) is 0 Å². The van der Waals surface area contributed by atoms with Crippen molar-refractivity contribution in [1.82, 2.24) is 14.9 Å². The van der Waals surface area contributed by atoms with Crippen LogP contribution in [-0.4, -0.2) is 38.9 Å². The van der Waals surface area contributed by atoms with Gasteiger partial charge in [-0.15, -0.1) is 0 Å². The van der Waals surface area contributed by atoms with E-state index in [4.69, 9.17) is 21.2 Å². The molecule has 216 valence electrons. The fourth-order valence-corrected chi connectivity index (χ4v) is 5.01. The van der Waals surface area contributed by atoms with Crippen LogP contribution in [0.3, 0.4) is 0 Å². The minimum Gasteiger partial charge on any atom is -0.481 e. The van der Waals surface area contributed by atoms with Gasteiger partial charge in [0.05, 0.1) is 17.5 Å². The third kappa shape index (κ3) is 9.50. The van der Waals surface area contributed by atoms with Crippen molar-refractivity contribution in [1.29, 1.82) is 5.41 Å². The van der Waals surface area contributed by atoms with Gasteiger partial charge in [0.1, 0.15) is 11.7 Å². The van der Waals surface area contributed by atoms with Crippen LogP contribution in [0.15, 0.2) is 42.5 Å². The van der Waals surface area contributed by atoms with Crippen molar-refractivity contribution in [3.05, 3.63) is 53.6 Å². The molecule has 0 spiro atoms. The number of aliphatic carboxylic acids is 1. The Labute approximate surface area is 237 Å². The van der Waals surface area contributed by atoms with Gasteiger partial charge in [-0.1, -0.05) is 102 Å². The van der Waals surface area contributed by atoms with E-state index in [9.17, 15) is 9.59 Å². The summed E-state index contributed by atoms with van der Waals surface area (Å²) in [6, 6.07) is 13.0. The first-order chi connectivity index (χ1) is 19.4. The van der Waals surface area contributed by atoms with Crippen molar-refractivity contribution in [2.24, 2.45) is 5.73 Å². The fraction of sp³-hybridized carbons (Fsp3) is 0.500. The lowest BCUT2D eigenvalue weighted by molar-refractivity contribution is -0.136. The highest BCUT2D eigenvalue weighted by Crippen LogP contribution is 2.27. The van der Waals surface area contributed by atoms with Gasteiger partial charge in [0.25, 0.3) is 5.91 Å². The molecule has 3 aromatic rings. The number of unbranched alkanes of at least 4 members (excludes halogenated alkanes) is 11. The van der Waals surface area contributed by atoms with Gasteiger partial charge in [0.15, 0.2) is 0 Å². The number of rotatable bonds is 19. The maximum atomic E-state index is 12.6. The van der Waals surface area contributed by atoms with Gasteiger partial charge in [-0.05, 0) is 24.6 Å². The standard InChI is InChI=1S/C32H45N5O3/c1-2-3-4-5-6-7-8-9-10-11-12-13-22-37-28-19-18-26(32(40)35-21-20-29(38)39)23-27(28)36-31(37)25-16-14-24(15-17-25)30(33)34/h14-19,23H,2-13,20-22H2,1H3,(H3,33,34)(H,35,40)(H,38,39). The largest absolute Gasteiger partial charge is 0.481 e. The molecule has 0 fully saturated rings. The first kappa shape index (κ1) is 30.9. The lowest BCUT2D eigenvalue weighted by Crippen LogP contribution is -2.25. The molecule has 0 saturated heterocycles. The Balaban J connectivity index is 1.63. The Kier molecular flexibility index (Phi) is 12.7. The Morgan fingerprint density at radius 1 is 0.875 bits per heavy atom. The van der Waals surface area contributed by atoms with E-state index in [0.717, 1.165) is 41.8 Å². The number of carbonyl (C=O) groups is 2. The highest BCUT2D eigenvalue weighted by atomic mass is 16.4. The predicted molar refractivity (Wildman–Crippen MR) is 162 cm³/mol. The first-order valence-electron chi connectivity index (χ1n) is 14.9. The number of hydrogen-bond acceptors (Lipinski definition) is 4. The molecule has 0 saturated carbocycles. The summed E-state index contributed by atoms with van der Waals surface area (Å²) in [5, 5.41) is 19.2. The summed E-state index contributed by atoms with van der Waals surface area (Å²) >= 11 is 0. The zero-order valence-electron chi connectivity index (χ0n) is 23.9. The molecule has 1 aromatic heterocycles. The molecule has 1 amide bonds. The van der Waals surface area contributed by atoms with E-state index in [0.29, 0.717) is 11.1 Å². The number of fused-ring (bicyclic) bond motifs is 1. The van der Waals surface area contributed by atoms with E-state index in [1.807, 2.05) is 30.3 Å². The molecule has 1 heterocycles. The molecule has 0 aliphatic heterocycles. The number of benzene rings is 2. The van der Waals surface area contributed by atoms with E-state index in [1.54, 1.807) is 12.1 Å². The van der Waals surface area contributed by atoms with E-state index >= 15 is 0 Å². The van der Waals surface area contributed by atoms with Gasteiger partial charge < -0.3 is 20.7 Å². The average molecular weight is 548 g/mol. The number of aryl methyl sites for hydroxylation is 1. The highest BCUT2D eigenvalue weighted by molar-refractivity contribution is 5.98. The van der Waals surface area contributed by atoms with Gasteiger partial charge in [0.2, 0.25) is 0 Å². The Bertz CT molecular complexity index is 1250. The lowest BCUT2D eigenvalue weighted by atomic mass is 10.1. The number of nitrogens with one attached hydrogen (secondary N) is 2. The van der Waals surface area contributed by atoms with Gasteiger partial charge in [-0.25, -0.2) is 4.98 Å². The van der Waals surface area contributed by atoms with E-state index < -0.39 is 5.97 Å². The third-order valence-electron chi connectivity index (χ3n) is 7.32. The van der Waals surface area contributed by atoms with Crippen molar-refractivity contribution in [3.63, 3.8) is 0 Å². The molecule has 0 bridgehead atoms. The van der Waals surface area contributed by atoms with E-state index in [2.05, 4.69) is 16.8 Å². The maximum absolute atomic E-state index is 12.6. The molecule has 0 aliphatic carbocycles. The molecule has 5 N–H and O–H groups in total. The maximum Gasteiger partial charge on any atom is 0.305 e. The van der Waals surface area contributed by atoms with Crippen molar-refractivity contribution in [2.45, 2.75) is 96.9 Å². The topological polar surface area (TPSA) is 134 Å². The summed E-state index contributed by atoms with van der Waals surface area (Å²) in [5.41, 5.74) is 9.35. The summed E-state index contributed by atoms with van der Waals surface area (Å²) in [6.07, 6.45) is 15.4. The Morgan fingerprint density at radius 2 is 1.45 bits per heavy atom. The molecule has 8 nitrogen and oxygen atoms in total. The number of aromatic nitrogens is 2. The normalized spacial score (nSPS) is 11.1. The second kappa shape index (κ2) is 16.4. The molecular weight excluding hydrogens is 502 g/mol. The number of carboxylic acid groups (broad SMARTS) is 1. The number of nitrogen functional groups attached to an aromatic ring is 1. The molecular formula is C32H45N5O3. The minimum atomic E-state index is -0.951. The minimum absolute atomic E-state index is 0.0232. The number of amidine groups is 1. The fourth-order valence-electron chi connectivity index (χ4n) is 5.01. The van der Waals surface area contributed by atoms with Crippen molar-refractivity contribution >= 4 is 28.7 Å². The summed E-state index contributed by atoms with van der Waals surface area (Å²) in [4.78, 5) is 28.2. The predicted octanol–water partition coefficient (Wildman–Crippen LogP) is 6.89. The second-order valence-corrected chi connectivity index (χ2v) is 10.6. The van der Waals surface area contributed by atoms with E-state index in [1.165, 1.54) is 64.2 Å². The lowest BCUT2D eigenvalue weighted by Gasteiger charge is -2.10. The van der Waals surface area contributed by atoms with Crippen LogP contribution in [-0.2, 0) is 11.3 Å². The molecule has 0 atom stereocenters. The number of nitrogens with two attached hydrogens (primary N) is 1. The van der Waals surface area contributed by atoms with Crippen molar-refractivity contribution in [2.75, 3.05) is 6.54 Å². The number of carbonyl (C=O) groups excluding carboxylic acids is 1. The second-order valence-electron chi connectivity index (χ2n) is 10.6. The van der Waals surface area contributed by atoms with Crippen LogP contribution in [0.25, 0.3) is 22.4 Å². The monoisotopic (exact) mass is 547 g/mol. The number of imidazole rings is 1. The van der Waals surface area contributed by atoms with Gasteiger partial charge >= 0.3 is 5.97 Å². The summed E-state index contributed by atoms with van der Waals surface area (Å²) in [6.45, 7) is 3.16. The van der Waals surface area contributed by atoms with Crippen LogP contribution in [0.1, 0.15) is 106 Å². The van der Waals surface area contributed by atoms with Gasteiger partial charge in [-0.3, -0.25) is 15.0 Å². The quantitative estimate of drug-likeness (QED) is 0.0736. The molecule has 0 radical (unpaired) electrons. The molecule has 40 heavy (non-hydrogen) atoms. The average Bonchev–Trinajstić information content (AvgIpc) is 3.31. The smallest absolute Gasteiger partial charge is 0.305 e. The van der Waals surface area contributed by atoms with Crippen LogP contribution in [0.5, 0.6) is 0 Å². The number of hydrogen-bond donors (Lipinski definition) is 4. The molecule has 8 heteroatoms. The molecule has 0 aliphatic rings. The third-order valence-corrected chi connectivity index (χ3v) is 7.32. The molecule has 3 rings (SSSR count). The van der Waals surface area contributed by atoms with Gasteiger partial charge in [0, 0.05) is 29.8 Å². The zero-order chi connectivity index (χ0) is 28.7. The van der Waals surface area contributed by atoms with Crippen LogP contribution >= 0.6 is 0 Å². The summed E-state index contributed by atoms with van der Waals surface area (Å²) in [5.74, 6) is -0.425. The Hall–Kier alpha value is -3.68. The highest BCUT2D eigenvalue weighted by Gasteiger charge is 2.15. The number of nitrogens with zero attached hydrogens (tertiary/aromatic N) is 2. The van der Waals surface area contributed by atoms with Crippen LogP contribution in [0.4, 0.5) is 0 Å². The van der Waals surface area contributed by atoms with Crippen LogP contribution in [0.2, 0.25) is 0 Å². The summed E-state index contributed by atoms with van der Waals surface area (Å²) in [7, 11) is 0. The van der Waals surface area contributed by atoms with E-state index in [-0.39, 0.29) is 24.7 Å². The zero-order valence-corrected chi connectivity index (χ0v) is 23.9. The Morgan fingerprint density at radius 3 is 2.02 bits per heavy atom. The van der Waals surface area contributed by atoms with Crippen LogP contribution < -0.4 is 11.1 Å². The van der Waals surface area contributed by atoms with Crippen molar-refractivity contribution < 1.29 is 14.7 Å². The number of amides is 1. The molecule has 2 aromatic carbocycles. The summed E-state index contributed by atoms with van der Waals surface area (Å²) < 4.78 is 2.21. The van der Waals surface area contributed by atoms with Crippen LogP contribution in [0, 0.1) is 5.41 Å². The first-order valence-corrected chi connectivity index (χ1v) is 14.9. The number of carboxylic acids is 1.